The molecule has 0 spiro atoms. The highest BCUT2D eigenvalue weighted by atomic mass is 35.5. The number of esters is 2. The molecule has 6 heteroatoms. The summed E-state index contributed by atoms with van der Waals surface area (Å²) < 4.78 is 10.7. The van der Waals surface area contributed by atoms with Gasteiger partial charge in [-0.3, -0.25) is 0 Å². The molecular weight excluding hydrogens is 375 g/mol. The van der Waals surface area contributed by atoms with Crippen molar-refractivity contribution in [2.75, 3.05) is 0 Å². The van der Waals surface area contributed by atoms with Crippen LogP contribution in [0.4, 0.5) is 0 Å². The largest absolute Gasteiger partial charge is 0.417 e. The molecule has 0 atom stereocenters. The fraction of sp³-hybridized carbons (Fsp3) is 0. The molecule has 0 radical (unpaired) electrons. The van der Waals surface area contributed by atoms with Gasteiger partial charge in [0.15, 0.2) is 11.5 Å². The minimum atomic E-state index is -0.647. The van der Waals surface area contributed by atoms with Gasteiger partial charge in [-0.05, 0) is 36.4 Å². The van der Waals surface area contributed by atoms with E-state index in [4.69, 9.17) is 32.7 Å². The average Bonchev–Trinajstić information content (AvgIpc) is 2.68. The molecular formula is C20H12Cl2O4. The monoisotopic (exact) mass is 386 g/mol. The Kier molecular flexibility index (Phi) is 5.56. The zero-order valence-corrected chi connectivity index (χ0v) is 14.8. The van der Waals surface area contributed by atoms with Crippen LogP contribution in [0.5, 0.6) is 11.5 Å². The van der Waals surface area contributed by atoms with Crippen molar-refractivity contribution < 1.29 is 19.1 Å². The second-order valence-corrected chi connectivity index (χ2v) is 6.01. The molecule has 0 aromatic heterocycles. The second-order valence-electron chi connectivity index (χ2n) is 5.20. The molecule has 130 valence electrons. The molecule has 0 unspecified atom stereocenters. The number of carbonyl (C=O) groups excluding carboxylic acids is 2. The lowest BCUT2D eigenvalue weighted by atomic mass is 10.2. The molecule has 3 aromatic carbocycles. The van der Waals surface area contributed by atoms with E-state index in [1.54, 1.807) is 60.7 Å². The summed E-state index contributed by atoms with van der Waals surface area (Å²) in [7, 11) is 0. The van der Waals surface area contributed by atoms with Crippen LogP contribution >= 0.6 is 23.2 Å². The molecule has 0 heterocycles. The van der Waals surface area contributed by atoms with Gasteiger partial charge >= 0.3 is 11.9 Å². The van der Waals surface area contributed by atoms with Crippen molar-refractivity contribution in [1.29, 1.82) is 0 Å². The van der Waals surface area contributed by atoms with Gasteiger partial charge in [-0.1, -0.05) is 59.6 Å². The Morgan fingerprint density at radius 1 is 0.577 bits per heavy atom. The highest BCUT2D eigenvalue weighted by Gasteiger charge is 2.22. The molecule has 0 aliphatic carbocycles. The smallest absolute Gasteiger partial charge is 0.343 e. The zero-order chi connectivity index (χ0) is 18.5. The normalized spacial score (nSPS) is 10.2. The van der Waals surface area contributed by atoms with Gasteiger partial charge in [0, 0.05) is 0 Å². The van der Waals surface area contributed by atoms with E-state index in [2.05, 4.69) is 0 Å². The molecule has 0 fully saturated rings. The first-order chi connectivity index (χ1) is 12.6. The van der Waals surface area contributed by atoms with E-state index in [0.717, 1.165) is 0 Å². The highest BCUT2D eigenvalue weighted by Crippen LogP contribution is 2.41. The molecule has 4 nitrogen and oxygen atoms in total. The number of ether oxygens (including phenoxy) is 2. The van der Waals surface area contributed by atoms with Gasteiger partial charge in [-0.15, -0.1) is 0 Å². The predicted octanol–water partition coefficient (Wildman–Crippen LogP) is 5.43. The van der Waals surface area contributed by atoms with E-state index in [1.165, 1.54) is 12.1 Å². The SMILES string of the molecule is O=C(Oc1c(Cl)ccc(Cl)c1OC(=O)c1ccccc1)c1ccccc1. The average molecular weight is 387 g/mol. The first-order valence-corrected chi connectivity index (χ1v) is 8.34. The highest BCUT2D eigenvalue weighted by molar-refractivity contribution is 6.35. The molecule has 3 aromatic rings. The Morgan fingerprint density at radius 3 is 1.27 bits per heavy atom. The van der Waals surface area contributed by atoms with Crippen LogP contribution in [-0.4, -0.2) is 11.9 Å². The van der Waals surface area contributed by atoms with Crippen molar-refractivity contribution in [2.45, 2.75) is 0 Å². The summed E-state index contributed by atoms with van der Waals surface area (Å²) in [5.74, 6) is -1.52. The third kappa shape index (κ3) is 4.04. The summed E-state index contributed by atoms with van der Waals surface area (Å²) in [6, 6.07) is 19.6. The van der Waals surface area contributed by atoms with Gasteiger partial charge in [0.05, 0.1) is 21.2 Å². The third-order valence-corrected chi connectivity index (χ3v) is 4.02. The molecule has 26 heavy (non-hydrogen) atoms. The molecule has 3 rings (SSSR count). The maximum Gasteiger partial charge on any atom is 0.343 e. The topological polar surface area (TPSA) is 52.6 Å². The summed E-state index contributed by atoms with van der Waals surface area (Å²) in [5, 5.41) is 0.184. The van der Waals surface area contributed by atoms with E-state index in [1.807, 2.05) is 0 Å². The standard InChI is InChI=1S/C20H12Cl2O4/c21-15-11-12-16(22)18(26-20(24)14-9-5-2-6-10-14)17(15)25-19(23)13-7-3-1-4-8-13/h1-12H. The summed E-state index contributed by atoms with van der Waals surface area (Å²) in [6.07, 6.45) is 0. The van der Waals surface area contributed by atoms with Crippen LogP contribution in [0.15, 0.2) is 72.8 Å². The van der Waals surface area contributed by atoms with Crippen molar-refractivity contribution in [3.05, 3.63) is 94.0 Å². The number of benzene rings is 3. The van der Waals surface area contributed by atoms with Crippen molar-refractivity contribution >= 4 is 35.1 Å². The Morgan fingerprint density at radius 2 is 0.923 bits per heavy atom. The minimum absolute atomic E-state index is 0.0922. The molecule has 0 saturated carbocycles. The number of carbonyl (C=O) groups is 2. The molecule has 0 bridgehead atoms. The molecule has 0 saturated heterocycles. The third-order valence-electron chi connectivity index (χ3n) is 3.42. The fourth-order valence-corrected chi connectivity index (χ4v) is 2.53. The summed E-state index contributed by atoms with van der Waals surface area (Å²) in [6.45, 7) is 0. The van der Waals surface area contributed by atoms with Crippen molar-refractivity contribution in [3.8, 4) is 11.5 Å². The van der Waals surface area contributed by atoms with Crippen LogP contribution in [0.3, 0.4) is 0 Å². The summed E-state index contributed by atoms with van der Waals surface area (Å²) >= 11 is 12.3. The number of hydrogen-bond acceptors (Lipinski definition) is 4. The number of halogens is 2. The van der Waals surface area contributed by atoms with Crippen LogP contribution in [0.2, 0.25) is 10.0 Å². The first-order valence-electron chi connectivity index (χ1n) is 7.58. The van der Waals surface area contributed by atoms with Gasteiger partial charge in [0.1, 0.15) is 0 Å². The van der Waals surface area contributed by atoms with E-state index in [0.29, 0.717) is 11.1 Å². The second kappa shape index (κ2) is 8.04. The van der Waals surface area contributed by atoms with Crippen LogP contribution in [-0.2, 0) is 0 Å². The maximum atomic E-state index is 12.3. The van der Waals surface area contributed by atoms with Crippen molar-refractivity contribution in [3.63, 3.8) is 0 Å². The Labute approximate surface area is 159 Å². The van der Waals surface area contributed by atoms with Crippen LogP contribution < -0.4 is 9.47 Å². The van der Waals surface area contributed by atoms with Crippen LogP contribution in [0, 0.1) is 0 Å². The van der Waals surface area contributed by atoms with E-state index < -0.39 is 11.9 Å². The van der Waals surface area contributed by atoms with Crippen LogP contribution in [0.25, 0.3) is 0 Å². The quantitative estimate of drug-likeness (QED) is 0.442. The predicted molar refractivity (Wildman–Crippen MR) is 99.3 cm³/mol. The molecule has 0 N–H and O–H groups in total. The van der Waals surface area contributed by atoms with Crippen molar-refractivity contribution in [2.24, 2.45) is 0 Å². The van der Waals surface area contributed by atoms with Crippen LogP contribution in [0.1, 0.15) is 20.7 Å². The van der Waals surface area contributed by atoms with Gasteiger partial charge in [-0.25, -0.2) is 9.59 Å². The van der Waals surface area contributed by atoms with Gasteiger partial charge in [0.2, 0.25) is 0 Å². The first kappa shape index (κ1) is 18.0. The van der Waals surface area contributed by atoms with Gasteiger partial charge in [-0.2, -0.15) is 0 Å². The van der Waals surface area contributed by atoms with Gasteiger partial charge in [0.25, 0.3) is 0 Å². The summed E-state index contributed by atoms with van der Waals surface area (Å²) in [4.78, 5) is 24.6. The van der Waals surface area contributed by atoms with E-state index in [9.17, 15) is 9.59 Å². The Bertz CT molecular complexity index is 862. The molecule has 0 aliphatic rings. The Hall–Kier alpha value is -2.82. The lowest BCUT2D eigenvalue weighted by molar-refractivity contribution is 0.0682. The van der Waals surface area contributed by atoms with Gasteiger partial charge < -0.3 is 9.47 Å². The summed E-state index contributed by atoms with van der Waals surface area (Å²) in [5.41, 5.74) is 0.646. The molecule has 0 amide bonds. The fourth-order valence-electron chi connectivity index (χ4n) is 2.16. The number of hydrogen-bond donors (Lipinski definition) is 0. The Balaban J connectivity index is 1.92. The lowest BCUT2D eigenvalue weighted by Crippen LogP contribution is -2.13. The van der Waals surface area contributed by atoms with E-state index >= 15 is 0 Å². The lowest BCUT2D eigenvalue weighted by Gasteiger charge is -2.13. The minimum Gasteiger partial charge on any atom is -0.417 e. The van der Waals surface area contributed by atoms with E-state index in [-0.39, 0.29) is 21.5 Å². The zero-order valence-electron chi connectivity index (χ0n) is 13.3. The molecule has 0 aliphatic heterocycles. The van der Waals surface area contributed by atoms with Crippen molar-refractivity contribution in [1.82, 2.24) is 0 Å². The number of rotatable bonds is 4. The maximum absolute atomic E-state index is 12.3.